The van der Waals surface area contributed by atoms with E-state index >= 15 is 0 Å². The zero-order valence-corrected chi connectivity index (χ0v) is 13.5. The minimum absolute atomic E-state index is 0.0443. The maximum Gasteiger partial charge on any atom is 0.0864 e. The predicted molar refractivity (Wildman–Crippen MR) is 78.2 cm³/mol. The van der Waals surface area contributed by atoms with Crippen molar-refractivity contribution in [3.05, 3.63) is 15.9 Å². The molecule has 0 bridgehead atoms. The van der Waals surface area contributed by atoms with Gasteiger partial charge in [0, 0.05) is 19.6 Å². The molecule has 0 saturated carbocycles. The maximum atomic E-state index is 10.4. The molecule has 108 valence electrons. The summed E-state index contributed by atoms with van der Waals surface area (Å²) >= 11 is 3.62. The summed E-state index contributed by atoms with van der Waals surface area (Å²) in [5, 5.41) is 15.0. The number of aryl methyl sites for hydroxylation is 2. The van der Waals surface area contributed by atoms with Gasteiger partial charge in [0.15, 0.2) is 0 Å². The molecule has 1 saturated heterocycles. The highest BCUT2D eigenvalue weighted by atomic mass is 79.9. The Balaban J connectivity index is 2.15. The van der Waals surface area contributed by atoms with E-state index in [1.165, 1.54) is 0 Å². The van der Waals surface area contributed by atoms with Gasteiger partial charge < -0.3 is 9.84 Å². The lowest BCUT2D eigenvalue weighted by Gasteiger charge is -2.21. The van der Waals surface area contributed by atoms with Crippen LogP contribution in [0.3, 0.4) is 0 Å². The first-order valence-electron chi connectivity index (χ1n) is 7.12. The summed E-state index contributed by atoms with van der Waals surface area (Å²) in [6.07, 6.45) is 2.03. The Morgan fingerprint density at radius 1 is 1.53 bits per heavy atom. The van der Waals surface area contributed by atoms with Gasteiger partial charge in [-0.2, -0.15) is 5.10 Å². The highest BCUT2D eigenvalue weighted by molar-refractivity contribution is 9.10. The van der Waals surface area contributed by atoms with Crippen LogP contribution >= 0.6 is 15.9 Å². The summed E-state index contributed by atoms with van der Waals surface area (Å²) in [5.74, 6) is 0.428. The normalized spacial score (nSPS) is 24.9. The second kappa shape index (κ2) is 6.37. The van der Waals surface area contributed by atoms with Crippen LogP contribution in [0, 0.1) is 5.92 Å². The standard InChI is InChI=1S/C14H23BrN2O2/c1-4-10-13(15)11(17(5-2)16-10)8-12(18)14-9(3)6-7-19-14/h9,12,14,18H,4-8H2,1-3H3. The molecule has 1 aliphatic rings. The molecule has 3 unspecified atom stereocenters. The summed E-state index contributed by atoms with van der Waals surface area (Å²) in [4.78, 5) is 0. The number of hydrogen-bond donors (Lipinski definition) is 1. The molecule has 0 amide bonds. The monoisotopic (exact) mass is 330 g/mol. The van der Waals surface area contributed by atoms with Crippen molar-refractivity contribution in [3.63, 3.8) is 0 Å². The molecular formula is C14H23BrN2O2. The van der Waals surface area contributed by atoms with Gasteiger partial charge in [-0.15, -0.1) is 0 Å². The largest absolute Gasteiger partial charge is 0.390 e. The summed E-state index contributed by atoms with van der Waals surface area (Å²) in [7, 11) is 0. The Morgan fingerprint density at radius 3 is 2.79 bits per heavy atom. The molecular weight excluding hydrogens is 308 g/mol. The average molecular weight is 331 g/mol. The van der Waals surface area contributed by atoms with Crippen LogP contribution in [0.15, 0.2) is 4.47 Å². The molecule has 1 fully saturated rings. The molecule has 4 nitrogen and oxygen atoms in total. The smallest absolute Gasteiger partial charge is 0.0864 e. The molecule has 2 rings (SSSR count). The second-order valence-corrected chi connectivity index (χ2v) is 6.04. The van der Waals surface area contributed by atoms with Crippen molar-refractivity contribution in [1.29, 1.82) is 0 Å². The number of hydrogen-bond acceptors (Lipinski definition) is 3. The van der Waals surface area contributed by atoms with E-state index < -0.39 is 6.10 Å². The Morgan fingerprint density at radius 2 is 2.26 bits per heavy atom. The summed E-state index contributed by atoms with van der Waals surface area (Å²) in [5.41, 5.74) is 2.14. The Labute approximate surface area is 123 Å². The molecule has 0 radical (unpaired) electrons. The number of aliphatic hydroxyl groups is 1. The van der Waals surface area contributed by atoms with E-state index in [-0.39, 0.29) is 6.10 Å². The minimum atomic E-state index is -0.458. The molecule has 1 N–H and O–H groups in total. The fourth-order valence-corrected chi connectivity index (χ4v) is 3.46. The fraction of sp³-hybridized carbons (Fsp3) is 0.786. The van der Waals surface area contributed by atoms with Crippen molar-refractivity contribution in [3.8, 4) is 0 Å². The van der Waals surface area contributed by atoms with Gasteiger partial charge in [-0.3, -0.25) is 4.68 Å². The van der Waals surface area contributed by atoms with Crippen LogP contribution in [0.5, 0.6) is 0 Å². The van der Waals surface area contributed by atoms with E-state index in [1.807, 2.05) is 4.68 Å². The third-order valence-corrected chi connectivity index (χ3v) is 4.84. The van der Waals surface area contributed by atoms with Crippen molar-refractivity contribution >= 4 is 15.9 Å². The first-order valence-corrected chi connectivity index (χ1v) is 7.91. The Kier molecular flexibility index (Phi) is 5.03. The first-order chi connectivity index (χ1) is 9.08. The highest BCUT2D eigenvalue weighted by Gasteiger charge is 2.32. The average Bonchev–Trinajstić information content (AvgIpc) is 2.95. The second-order valence-electron chi connectivity index (χ2n) is 5.25. The van der Waals surface area contributed by atoms with Crippen molar-refractivity contribution in [2.75, 3.05) is 6.61 Å². The van der Waals surface area contributed by atoms with E-state index in [9.17, 15) is 5.11 Å². The van der Waals surface area contributed by atoms with Crippen LogP contribution in [0.4, 0.5) is 0 Å². The zero-order valence-electron chi connectivity index (χ0n) is 11.9. The maximum absolute atomic E-state index is 10.4. The molecule has 0 spiro atoms. The van der Waals surface area contributed by atoms with Gasteiger partial charge in [0.1, 0.15) is 0 Å². The van der Waals surface area contributed by atoms with Gasteiger partial charge in [-0.05, 0) is 41.6 Å². The zero-order chi connectivity index (χ0) is 14.0. The Bertz CT molecular complexity index is 433. The van der Waals surface area contributed by atoms with Crippen LogP contribution < -0.4 is 0 Å². The lowest BCUT2D eigenvalue weighted by atomic mass is 9.96. The third-order valence-electron chi connectivity index (χ3n) is 3.92. The number of halogens is 1. The van der Waals surface area contributed by atoms with Gasteiger partial charge >= 0.3 is 0 Å². The molecule has 1 aliphatic heterocycles. The quantitative estimate of drug-likeness (QED) is 0.902. The summed E-state index contributed by atoms with van der Waals surface area (Å²) in [6.45, 7) is 7.89. The SMILES string of the molecule is CCc1nn(CC)c(CC(O)C2OCCC2C)c1Br. The lowest BCUT2D eigenvalue weighted by molar-refractivity contribution is -0.0166. The topological polar surface area (TPSA) is 47.3 Å². The lowest BCUT2D eigenvalue weighted by Crippen LogP contribution is -2.32. The van der Waals surface area contributed by atoms with Crippen molar-refractivity contribution < 1.29 is 9.84 Å². The fourth-order valence-electron chi connectivity index (χ4n) is 2.74. The van der Waals surface area contributed by atoms with Crippen molar-refractivity contribution in [1.82, 2.24) is 9.78 Å². The molecule has 1 aromatic rings. The van der Waals surface area contributed by atoms with E-state index in [2.05, 4.69) is 41.8 Å². The number of aromatic nitrogens is 2. The van der Waals surface area contributed by atoms with Gasteiger partial charge in [0.2, 0.25) is 0 Å². The Hall–Kier alpha value is -0.390. The number of ether oxygens (including phenoxy) is 1. The van der Waals surface area contributed by atoms with Crippen molar-refractivity contribution in [2.45, 2.75) is 58.8 Å². The van der Waals surface area contributed by atoms with Crippen LogP contribution in [0.25, 0.3) is 0 Å². The summed E-state index contributed by atoms with van der Waals surface area (Å²) < 4.78 is 8.67. The molecule has 19 heavy (non-hydrogen) atoms. The van der Waals surface area contributed by atoms with Gasteiger partial charge in [-0.25, -0.2) is 0 Å². The third kappa shape index (κ3) is 3.03. The first kappa shape index (κ1) is 15.0. The number of nitrogens with zero attached hydrogens (tertiary/aromatic N) is 2. The van der Waals surface area contributed by atoms with Crippen LogP contribution in [-0.2, 0) is 24.1 Å². The highest BCUT2D eigenvalue weighted by Crippen LogP contribution is 2.28. The van der Waals surface area contributed by atoms with E-state index in [4.69, 9.17) is 4.74 Å². The summed E-state index contributed by atoms with van der Waals surface area (Å²) in [6, 6.07) is 0. The number of rotatable bonds is 5. The predicted octanol–water partition coefficient (Wildman–Crippen LogP) is 2.56. The number of aliphatic hydroxyl groups excluding tert-OH is 1. The molecule has 5 heteroatoms. The van der Waals surface area contributed by atoms with E-state index in [0.29, 0.717) is 12.3 Å². The van der Waals surface area contributed by atoms with Crippen LogP contribution in [0.1, 0.15) is 38.6 Å². The van der Waals surface area contributed by atoms with Gasteiger partial charge in [0.05, 0.1) is 28.1 Å². The molecule has 0 aliphatic carbocycles. The van der Waals surface area contributed by atoms with E-state index in [1.54, 1.807) is 0 Å². The van der Waals surface area contributed by atoms with Gasteiger partial charge in [-0.1, -0.05) is 13.8 Å². The van der Waals surface area contributed by atoms with Crippen molar-refractivity contribution in [2.24, 2.45) is 5.92 Å². The van der Waals surface area contributed by atoms with Crippen LogP contribution in [-0.4, -0.2) is 33.7 Å². The molecule has 2 heterocycles. The molecule has 3 atom stereocenters. The molecule has 1 aromatic heterocycles. The minimum Gasteiger partial charge on any atom is -0.390 e. The van der Waals surface area contributed by atoms with E-state index in [0.717, 1.165) is 41.9 Å². The van der Waals surface area contributed by atoms with Crippen LogP contribution in [0.2, 0.25) is 0 Å². The van der Waals surface area contributed by atoms with Gasteiger partial charge in [0.25, 0.3) is 0 Å². The molecule has 0 aromatic carbocycles.